The van der Waals surface area contributed by atoms with Crippen LogP contribution in [-0.2, 0) is 33.3 Å². The molecule has 9 heteroatoms. The molecule has 3 heterocycles. The van der Waals surface area contributed by atoms with Gasteiger partial charge < -0.3 is 28.5 Å². The Morgan fingerprint density at radius 1 is 1.20 bits per heavy atom. The number of rotatable bonds is 5. The van der Waals surface area contributed by atoms with E-state index in [1.807, 2.05) is 13.0 Å². The van der Waals surface area contributed by atoms with Gasteiger partial charge in [0.1, 0.15) is 17.8 Å². The number of hydrogen-bond acceptors (Lipinski definition) is 9. The minimum absolute atomic E-state index is 0.0958. The van der Waals surface area contributed by atoms with Gasteiger partial charge in [-0.3, -0.25) is 9.59 Å². The number of hydrogen-bond donors (Lipinski definition) is 1. The summed E-state index contributed by atoms with van der Waals surface area (Å²) in [6.45, 7) is 11.7. The lowest BCUT2D eigenvalue weighted by Gasteiger charge is -2.65. The Balaban J connectivity index is 1.38. The van der Waals surface area contributed by atoms with E-state index in [0.717, 1.165) is 18.4 Å². The van der Waals surface area contributed by atoms with Crippen LogP contribution in [0.25, 0.3) is 0 Å². The lowest BCUT2D eigenvalue weighted by atomic mass is 9.39. The monoisotopic (exact) mass is 554 g/mol. The van der Waals surface area contributed by atoms with Crippen LogP contribution < -0.4 is 0 Å². The summed E-state index contributed by atoms with van der Waals surface area (Å²) in [4.78, 5) is 38.9. The maximum absolute atomic E-state index is 13.1. The van der Waals surface area contributed by atoms with Crippen molar-refractivity contribution in [3.8, 4) is 0 Å². The van der Waals surface area contributed by atoms with Gasteiger partial charge in [-0.25, -0.2) is 4.79 Å². The van der Waals surface area contributed by atoms with Crippen molar-refractivity contribution >= 4 is 17.9 Å². The second kappa shape index (κ2) is 7.79. The second-order valence-electron chi connectivity index (χ2n) is 14.0. The summed E-state index contributed by atoms with van der Waals surface area (Å²) in [6, 6.07) is 1.84. The van der Waals surface area contributed by atoms with Crippen molar-refractivity contribution < 1.29 is 42.9 Å². The van der Waals surface area contributed by atoms with E-state index in [0.29, 0.717) is 6.42 Å². The summed E-state index contributed by atoms with van der Waals surface area (Å²) in [5, 5.41) is 12.7. The number of aliphatic hydroxyl groups is 1. The summed E-state index contributed by atoms with van der Waals surface area (Å²) in [7, 11) is 1.37. The third kappa shape index (κ3) is 2.79. The standard InChI is InChI=1S/C31H38O9/c1-15(2)26(34)39-24-22-25-31(40-25)17(29(5)18(11-20(32)36-6)28(24,4)14-30(22,29)35)7-9-27(3)19(31)12-21(33)38-23(27)16-8-10-37-13-16/h8,10,13,17-19,22-25,35H,1,7,9,11-12,14H2,2-6H3/t17-,18+,19-,22?,23+,24-,25-,27-,28-,29+,30-,31-/m1/s1. The summed E-state index contributed by atoms with van der Waals surface area (Å²) >= 11 is 0. The van der Waals surface area contributed by atoms with Gasteiger partial charge in [0.15, 0.2) is 0 Å². The van der Waals surface area contributed by atoms with Crippen LogP contribution in [0.1, 0.15) is 71.5 Å². The summed E-state index contributed by atoms with van der Waals surface area (Å²) in [5.74, 6) is -2.28. The molecule has 1 unspecified atom stereocenters. The zero-order valence-electron chi connectivity index (χ0n) is 23.7. The molecule has 1 aromatic heterocycles. The Bertz CT molecular complexity index is 1320. The van der Waals surface area contributed by atoms with Crippen LogP contribution in [0.15, 0.2) is 35.2 Å². The molecule has 216 valence electrons. The molecule has 7 rings (SSSR count). The van der Waals surface area contributed by atoms with Gasteiger partial charge in [-0.2, -0.15) is 0 Å². The van der Waals surface area contributed by atoms with E-state index in [1.54, 1.807) is 19.5 Å². The number of fused-ring (bicyclic) bond motifs is 4. The molecular formula is C31H38O9. The molecule has 1 aromatic rings. The van der Waals surface area contributed by atoms with Crippen LogP contribution in [0.3, 0.4) is 0 Å². The van der Waals surface area contributed by atoms with Crippen molar-refractivity contribution in [1.29, 1.82) is 0 Å². The molecule has 4 aliphatic carbocycles. The topological polar surface area (TPSA) is 125 Å². The van der Waals surface area contributed by atoms with Crippen LogP contribution in [0, 0.1) is 39.9 Å². The van der Waals surface area contributed by atoms with E-state index < -0.39 is 51.5 Å². The fourth-order valence-electron chi connectivity index (χ4n) is 10.9. The number of epoxide rings is 1. The van der Waals surface area contributed by atoms with Crippen LogP contribution in [-0.4, -0.2) is 53.5 Å². The molecule has 6 fully saturated rings. The number of carbonyl (C=O) groups is 3. The smallest absolute Gasteiger partial charge is 0.333 e. The molecule has 2 saturated heterocycles. The highest BCUT2D eigenvalue weighted by Crippen LogP contribution is 2.85. The Labute approximate surface area is 233 Å². The van der Waals surface area contributed by atoms with Crippen molar-refractivity contribution in [2.24, 2.45) is 39.9 Å². The minimum atomic E-state index is -1.22. The molecule has 40 heavy (non-hydrogen) atoms. The fraction of sp³-hybridized carbons (Fsp3) is 0.710. The van der Waals surface area contributed by atoms with E-state index in [9.17, 15) is 19.5 Å². The lowest BCUT2D eigenvalue weighted by Crippen LogP contribution is -2.72. The molecule has 1 N–H and O–H groups in total. The average molecular weight is 555 g/mol. The Morgan fingerprint density at radius 3 is 2.60 bits per heavy atom. The predicted octanol–water partition coefficient (Wildman–Crippen LogP) is 3.90. The van der Waals surface area contributed by atoms with Crippen LogP contribution in [0.4, 0.5) is 0 Å². The Morgan fingerprint density at radius 2 is 1.95 bits per heavy atom. The molecule has 1 spiro atoms. The van der Waals surface area contributed by atoms with E-state index >= 15 is 0 Å². The third-order valence-corrected chi connectivity index (χ3v) is 12.5. The van der Waals surface area contributed by atoms with Gasteiger partial charge >= 0.3 is 17.9 Å². The van der Waals surface area contributed by atoms with Gasteiger partial charge in [0, 0.05) is 39.7 Å². The molecule has 0 aromatic carbocycles. The fourth-order valence-corrected chi connectivity index (χ4v) is 10.9. The predicted molar refractivity (Wildman–Crippen MR) is 138 cm³/mol. The number of furan rings is 1. The average Bonchev–Trinajstić information content (AvgIpc) is 3.18. The highest BCUT2D eigenvalue weighted by Gasteiger charge is 2.93. The molecular weight excluding hydrogens is 516 g/mol. The van der Waals surface area contributed by atoms with Crippen molar-refractivity contribution in [2.45, 2.75) is 89.3 Å². The van der Waals surface area contributed by atoms with Gasteiger partial charge in [-0.15, -0.1) is 0 Å². The molecule has 2 aliphatic heterocycles. The Kier molecular flexibility index (Phi) is 5.12. The summed E-state index contributed by atoms with van der Waals surface area (Å²) in [6.07, 6.45) is 3.87. The van der Waals surface area contributed by atoms with Gasteiger partial charge in [0.25, 0.3) is 0 Å². The van der Waals surface area contributed by atoms with Gasteiger partial charge in [-0.05, 0) is 44.1 Å². The zero-order valence-corrected chi connectivity index (χ0v) is 23.7. The Hall–Kier alpha value is -2.65. The van der Waals surface area contributed by atoms with Crippen molar-refractivity contribution in [2.75, 3.05) is 7.11 Å². The van der Waals surface area contributed by atoms with Gasteiger partial charge in [-0.1, -0.05) is 27.4 Å². The quantitative estimate of drug-likeness (QED) is 0.250. The third-order valence-electron chi connectivity index (χ3n) is 12.5. The molecule has 9 nitrogen and oxygen atoms in total. The van der Waals surface area contributed by atoms with Crippen molar-refractivity contribution in [3.05, 3.63) is 36.3 Å². The largest absolute Gasteiger partial charge is 0.472 e. The van der Waals surface area contributed by atoms with E-state index in [1.165, 1.54) is 7.11 Å². The molecule has 0 radical (unpaired) electrons. The van der Waals surface area contributed by atoms with E-state index in [4.69, 9.17) is 23.4 Å². The molecule has 4 saturated carbocycles. The number of ether oxygens (including phenoxy) is 4. The SMILES string of the molecule is C=C(C)C(=O)O[C@@H]1C2[C@H]3O[C@]34[C@@H]3CC(=O)O[C@@H](c5ccoc5)[C@]3(C)CC[C@@H]4[C@@]3(C)[C@@H](CC(=O)OC)[C@@]1(C)C[C@@]23O. The van der Waals surface area contributed by atoms with Crippen LogP contribution in [0.2, 0.25) is 0 Å². The second-order valence-corrected chi connectivity index (χ2v) is 14.0. The lowest BCUT2D eigenvalue weighted by molar-refractivity contribution is -0.249. The maximum Gasteiger partial charge on any atom is 0.333 e. The summed E-state index contributed by atoms with van der Waals surface area (Å²) in [5.41, 5.74) is -2.67. The first-order chi connectivity index (χ1) is 18.8. The van der Waals surface area contributed by atoms with Crippen molar-refractivity contribution in [1.82, 2.24) is 0 Å². The van der Waals surface area contributed by atoms with Crippen molar-refractivity contribution in [3.63, 3.8) is 0 Å². The highest BCUT2D eigenvalue weighted by atomic mass is 16.6. The highest BCUT2D eigenvalue weighted by molar-refractivity contribution is 5.87. The minimum Gasteiger partial charge on any atom is -0.472 e. The number of cyclic esters (lactones) is 1. The molecule has 12 atom stereocenters. The van der Waals surface area contributed by atoms with Crippen LogP contribution >= 0.6 is 0 Å². The normalized spacial score (nSPS) is 51.1. The molecule has 6 aliphatic rings. The van der Waals surface area contributed by atoms with E-state index in [2.05, 4.69) is 20.4 Å². The van der Waals surface area contributed by atoms with Gasteiger partial charge in [0.2, 0.25) is 0 Å². The molecule has 2 bridgehead atoms. The van der Waals surface area contributed by atoms with E-state index in [-0.39, 0.29) is 54.2 Å². The zero-order chi connectivity index (χ0) is 28.6. The first kappa shape index (κ1) is 26.3. The van der Waals surface area contributed by atoms with Gasteiger partial charge in [0.05, 0.1) is 43.7 Å². The maximum atomic E-state index is 13.1. The number of esters is 3. The number of carbonyl (C=O) groups excluding carboxylic acids is 3. The molecule has 0 amide bonds. The first-order valence-corrected chi connectivity index (χ1v) is 14.3. The first-order valence-electron chi connectivity index (χ1n) is 14.3. The van der Waals surface area contributed by atoms with Crippen LogP contribution in [0.5, 0.6) is 0 Å². The number of methoxy groups -OCH3 is 1. The summed E-state index contributed by atoms with van der Waals surface area (Å²) < 4.78 is 29.5.